The van der Waals surface area contributed by atoms with Gasteiger partial charge < -0.3 is 14.2 Å². The normalized spacial score (nSPS) is 12.8. The maximum atomic E-state index is 12.9. The highest BCUT2D eigenvalue weighted by Gasteiger charge is 2.19. The molecule has 0 fully saturated rings. The highest BCUT2D eigenvalue weighted by molar-refractivity contribution is 5.71. The van der Waals surface area contributed by atoms with Gasteiger partial charge in [-0.25, -0.2) is 0 Å². The summed E-state index contributed by atoms with van der Waals surface area (Å²) in [6.45, 7) is 6.43. The van der Waals surface area contributed by atoms with Crippen LogP contribution in [0.2, 0.25) is 0 Å². The van der Waals surface area contributed by atoms with Crippen LogP contribution in [0.1, 0.15) is 271 Å². The van der Waals surface area contributed by atoms with Crippen molar-refractivity contribution in [3.8, 4) is 0 Å². The first kappa shape index (κ1) is 66.3. The van der Waals surface area contributed by atoms with E-state index in [0.717, 1.165) is 109 Å². The van der Waals surface area contributed by atoms with Crippen LogP contribution >= 0.6 is 0 Å². The molecule has 0 radical (unpaired) electrons. The van der Waals surface area contributed by atoms with Gasteiger partial charge in [0, 0.05) is 19.3 Å². The third-order valence-corrected chi connectivity index (χ3v) is 12.4. The van der Waals surface area contributed by atoms with Crippen molar-refractivity contribution in [3.05, 3.63) is 97.2 Å². The fraction of sp³-hybridized carbons (Fsp3) is 0.703. The van der Waals surface area contributed by atoms with Gasteiger partial charge in [0.1, 0.15) is 13.2 Å². The summed E-state index contributed by atoms with van der Waals surface area (Å²) in [5.74, 6) is -0.921. The number of carbonyl (C=O) groups is 3. The van der Waals surface area contributed by atoms with Gasteiger partial charge in [-0.05, 0) is 70.6 Å². The Morgan fingerprint density at radius 3 is 1.06 bits per heavy atom. The summed E-state index contributed by atoms with van der Waals surface area (Å²) in [7, 11) is 0. The Morgan fingerprint density at radius 1 is 0.314 bits per heavy atom. The predicted octanol–water partition coefficient (Wildman–Crippen LogP) is 19.7. The van der Waals surface area contributed by atoms with E-state index in [9.17, 15) is 14.4 Å². The van der Waals surface area contributed by atoms with Gasteiger partial charge in [0.2, 0.25) is 0 Å². The number of rotatable bonds is 52. The number of hydrogen-bond donors (Lipinski definition) is 0. The summed E-state index contributed by atoms with van der Waals surface area (Å²) in [5, 5.41) is 0. The largest absolute Gasteiger partial charge is 0.462 e. The molecular weight excluding hydrogens is 865 g/mol. The van der Waals surface area contributed by atoms with Crippen molar-refractivity contribution in [2.24, 2.45) is 0 Å². The van der Waals surface area contributed by atoms with Gasteiger partial charge in [0.15, 0.2) is 6.10 Å². The van der Waals surface area contributed by atoms with Crippen LogP contribution in [0.5, 0.6) is 0 Å². The quantitative estimate of drug-likeness (QED) is 0.0199. The van der Waals surface area contributed by atoms with Crippen molar-refractivity contribution in [1.29, 1.82) is 0 Å². The van der Waals surface area contributed by atoms with E-state index < -0.39 is 6.10 Å². The Morgan fingerprint density at radius 2 is 0.643 bits per heavy atom. The first-order chi connectivity index (χ1) is 34.5. The third kappa shape index (κ3) is 55.3. The van der Waals surface area contributed by atoms with E-state index in [0.29, 0.717) is 19.3 Å². The van der Waals surface area contributed by atoms with E-state index in [1.807, 2.05) is 24.3 Å². The van der Waals surface area contributed by atoms with Crippen LogP contribution in [0.4, 0.5) is 0 Å². The number of hydrogen-bond acceptors (Lipinski definition) is 6. The maximum Gasteiger partial charge on any atom is 0.306 e. The van der Waals surface area contributed by atoms with Crippen molar-refractivity contribution in [2.45, 2.75) is 277 Å². The van der Waals surface area contributed by atoms with Crippen LogP contribution in [-0.4, -0.2) is 37.2 Å². The minimum absolute atomic E-state index is 0.0918. The number of esters is 3. The van der Waals surface area contributed by atoms with Crippen LogP contribution in [0, 0.1) is 0 Å². The Bertz CT molecular complexity index is 1400. The standard InChI is InChI=1S/C64H108O6/c1-4-7-10-13-16-19-22-25-28-31-33-36-39-42-45-48-51-54-57-63(66)69-60-61(59-68-62(65)56-53-50-47-44-41-38-35-30-27-24-21-18-15-12-9-6-3)70-64(67)58-55-52-49-46-43-40-37-34-32-29-26-23-20-17-14-11-8-5-2/h9-10,12-13,16,18-19,21-22,25,27-28,30-31,33,36,61H,4-8,11,14-15,17,20,23-24,26,29,32,34-35,37-60H2,1-3H3/b12-9-,13-10-,19-16-,21-18-,25-22-,30-27-,31-28-,36-33-. The van der Waals surface area contributed by atoms with Crippen LogP contribution in [-0.2, 0) is 28.6 Å². The van der Waals surface area contributed by atoms with Gasteiger partial charge in [0.25, 0.3) is 0 Å². The molecular formula is C64H108O6. The number of carbonyl (C=O) groups excluding carboxylic acids is 3. The van der Waals surface area contributed by atoms with Gasteiger partial charge in [-0.15, -0.1) is 0 Å². The topological polar surface area (TPSA) is 78.9 Å². The average Bonchev–Trinajstić information content (AvgIpc) is 3.36. The molecule has 0 amide bonds. The van der Waals surface area contributed by atoms with Crippen molar-refractivity contribution >= 4 is 17.9 Å². The van der Waals surface area contributed by atoms with E-state index in [4.69, 9.17) is 14.2 Å². The van der Waals surface area contributed by atoms with E-state index in [2.05, 4.69) is 93.7 Å². The van der Waals surface area contributed by atoms with E-state index in [-0.39, 0.29) is 31.1 Å². The molecule has 0 saturated heterocycles. The van der Waals surface area contributed by atoms with Crippen LogP contribution in [0.3, 0.4) is 0 Å². The van der Waals surface area contributed by atoms with Gasteiger partial charge in [0.05, 0.1) is 0 Å². The van der Waals surface area contributed by atoms with Gasteiger partial charge in [-0.2, -0.15) is 0 Å². The smallest absolute Gasteiger partial charge is 0.306 e. The second-order valence-corrected chi connectivity index (χ2v) is 19.3. The molecule has 0 saturated carbocycles. The lowest BCUT2D eigenvalue weighted by atomic mass is 10.0. The summed E-state index contributed by atoms with van der Waals surface area (Å²) in [6.07, 6.45) is 76.7. The summed E-state index contributed by atoms with van der Waals surface area (Å²) in [5.41, 5.74) is 0. The first-order valence-electron chi connectivity index (χ1n) is 29.3. The minimum Gasteiger partial charge on any atom is -0.462 e. The van der Waals surface area contributed by atoms with Gasteiger partial charge in [-0.3, -0.25) is 14.4 Å². The molecule has 6 heteroatoms. The summed E-state index contributed by atoms with van der Waals surface area (Å²) < 4.78 is 16.9. The fourth-order valence-corrected chi connectivity index (χ4v) is 8.08. The minimum atomic E-state index is -0.794. The first-order valence-corrected chi connectivity index (χ1v) is 29.3. The fourth-order valence-electron chi connectivity index (χ4n) is 8.08. The van der Waals surface area contributed by atoms with E-state index in [1.54, 1.807) is 0 Å². The summed E-state index contributed by atoms with van der Waals surface area (Å²) in [6, 6.07) is 0. The zero-order valence-corrected chi connectivity index (χ0v) is 45.8. The highest BCUT2D eigenvalue weighted by atomic mass is 16.6. The van der Waals surface area contributed by atoms with Crippen molar-refractivity contribution in [2.75, 3.05) is 13.2 Å². The van der Waals surface area contributed by atoms with Crippen LogP contribution in [0.15, 0.2) is 97.2 Å². The van der Waals surface area contributed by atoms with Crippen molar-refractivity contribution in [3.63, 3.8) is 0 Å². The molecule has 70 heavy (non-hydrogen) atoms. The van der Waals surface area contributed by atoms with Crippen LogP contribution < -0.4 is 0 Å². The van der Waals surface area contributed by atoms with Crippen molar-refractivity contribution in [1.82, 2.24) is 0 Å². The second-order valence-electron chi connectivity index (χ2n) is 19.3. The van der Waals surface area contributed by atoms with E-state index >= 15 is 0 Å². The van der Waals surface area contributed by atoms with Gasteiger partial charge >= 0.3 is 17.9 Å². The number of unbranched alkanes of at least 4 members (excludes halogenated alkanes) is 29. The Hall–Kier alpha value is -3.67. The molecule has 0 aliphatic heterocycles. The zero-order chi connectivity index (χ0) is 50.7. The molecule has 1 atom stereocenters. The molecule has 0 aromatic rings. The molecule has 0 aromatic heterocycles. The number of allylic oxidation sites excluding steroid dienone is 16. The van der Waals surface area contributed by atoms with Gasteiger partial charge in [-0.1, -0.05) is 279 Å². The highest BCUT2D eigenvalue weighted by Crippen LogP contribution is 2.16. The lowest BCUT2D eigenvalue weighted by Crippen LogP contribution is -2.30. The molecule has 400 valence electrons. The molecule has 0 aliphatic rings. The molecule has 0 N–H and O–H groups in total. The third-order valence-electron chi connectivity index (χ3n) is 12.4. The Balaban J connectivity index is 4.45. The molecule has 0 heterocycles. The van der Waals surface area contributed by atoms with E-state index in [1.165, 1.54) is 122 Å². The molecule has 0 aliphatic carbocycles. The summed E-state index contributed by atoms with van der Waals surface area (Å²) >= 11 is 0. The average molecular weight is 974 g/mol. The molecule has 1 unspecified atom stereocenters. The monoisotopic (exact) mass is 973 g/mol. The number of ether oxygens (including phenoxy) is 3. The second kappa shape index (κ2) is 57.9. The zero-order valence-electron chi connectivity index (χ0n) is 45.8. The lowest BCUT2D eigenvalue weighted by molar-refractivity contribution is -0.167. The molecule has 0 spiro atoms. The predicted molar refractivity (Wildman–Crippen MR) is 302 cm³/mol. The molecule has 0 rings (SSSR count). The molecule has 0 bridgehead atoms. The lowest BCUT2D eigenvalue weighted by Gasteiger charge is -2.18. The summed E-state index contributed by atoms with van der Waals surface area (Å²) in [4.78, 5) is 38.2. The van der Waals surface area contributed by atoms with Crippen LogP contribution in [0.25, 0.3) is 0 Å². The molecule has 6 nitrogen and oxygen atoms in total. The Labute approximate surface area is 432 Å². The maximum absolute atomic E-state index is 12.9. The Kier molecular flexibility index (Phi) is 54.9. The molecule has 0 aromatic carbocycles. The van der Waals surface area contributed by atoms with Crippen molar-refractivity contribution < 1.29 is 28.6 Å². The SMILES string of the molecule is CC/C=C\C/C=C\C/C=C\CCCCCCCCC(=O)OCC(COC(=O)CCCCCCC\C=C/C=C\C=C/C=C\C=C/CCC)OC(=O)CCCCCCCCCCCCCCCCCCCC.